The molecule has 2 aromatic rings. The van der Waals surface area contributed by atoms with Crippen molar-refractivity contribution >= 4 is 0 Å². The monoisotopic (exact) mass is 273 g/mol. The molecule has 0 bridgehead atoms. The second-order valence-corrected chi connectivity index (χ2v) is 5.73. The summed E-state index contributed by atoms with van der Waals surface area (Å²) >= 11 is 0. The van der Waals surface area contributed by atoms with Crippen molar-refractivity contribution in [2.24, 2.45) is 5.73 Å². The molecule has 1 aliphatic rings. The number of nitrogens with zero attached hydrogens (tertiary/aromatic N) is 2. The Hall–Kier alpha value is -1.68. The van der Waals surface area contributed by atoms with Gasteiger partial charge in [0.2, 0.25) is 0 Å². The molecule has 3 rings (SSSR count). The van der Waals surface area contributed by atoms with Crippen molar-refractivity contribution in [3.05, 3.63) is 52.6 Å². The van der Waals surface area contributed by atoms with E-state index in [4.69, 9.17) is 5.73 Å². The van der Waals surface area contributed by atoms with Gasteiger partial charge in [0.05, 0.1) is 5.69 Å². The first-order chi connectivity index (χ1) is 9.51. The number of benzene rings is 1. The number of rotatable bonds is 3. The molecule has 1 aromatic heterocycles. The molecule has 0 saturated carbocycles. The molecule has 0 amide bonds. The van der Waals surface area contributed by atoms with E-state index in [1.54, 1.807) is 6.07 Å². The van der Waals surface area contributed by atoms with Crippen molar-refractivity contribution in [2.75, 3.05) is 0 Å². The van der Waals surface area contributed by atoms with Gasteiger partial charge < -0.3 is 5.73 Å². The fraction of sp³-hybridized carbons (Fsp3) is 0.438. The van der Waals surface area contributed by atoms with Crippen LogP contribution in [0.1, 0.15) is 35.9 Å². The number of nitrogens with two attached hydrogens (primary N) is 1. The smallest absolute Gasteiger partial charge is 0.123 e. The Morgan fingerprint density at radius 3 is 2.95 bits per heavy atom. The molecular formula is C16H20FN3. The van der Waals surface area contributed by atoms with Gasteiger partial charge in [-0.2, -0.15) is 5.10 Å². The van der Waals surface area contributed by atoms with Gasteiger partial charge in [0.25, 0.3) is 0 Å². The molecule has 0 radical (unpaired) electrons. The van der Waals surface area contributed by atoms with Crippen molar-refractivity contribution in [2.45, 2.75) is 45.2 Å². The maximum absolute atomic E-state index is 13.3. The summed E-state index contributed by atoms with van der Waals surface area (Å²) in [5, 5.41) is 4.47. The molecule has 1 aliphatic carbocycles. The summed E-state index contributed by atoms with van der Waals surface area (Å²) in [4.78, 5) is 0. The molecular weight excluding hydrogens is 253 g/mol. The number of aryl methyl sites for hydroxylation is 3. The number of aromatic nitrogens is 2. The highest BCUT2D eigenvalue weighted by Gasteiger charge is 2.36. The molecule has 0 fully saturated rings. The lowest BCUT2D eigenvalue weighted by atomic mass is 9.88. The van der Waals surface area contributed by atoms with Gasteiger partial charge in [0.15, 0.2) is 0 Å². The van der Waals surface area contributed by atoms with E-state index in [1.165, 1.54) is 6.07 Å². The minimum atomic E-state index is -0.400. The van der Waals surface area contributed by atoms with Crippen molar-refractivity contribution in [1.29, 1.82) is 0 Å². The first-order valence-corrected chi connectivity index (χ1v) is 7.13. The van der Waals surface area contributed by atoms with Gasteiger partial charge in [0, 0.05) is 24.2 Å². The fourth-order valence-electron chi connectivity index (χ4n) is 3.27. The van der Waals surface area contributed by atoms with Crippen molar-refractivity contribution in [3.8, 4) is 0 Å². The largest absolute Gasteiger partial charge is 0.321 e. The highest BCUT2D eigenvalue weighted by molar-refractivity contribution is 5.40. The predicted octanol–water partition coefficient (Wildman–Crippen LogP) is 2.69. The Balaban J connectivity index is 1.95. The third-order valence-electron chi connectivity index (χ3n) is 4.23. The SMILES string of the molecule is CCn1nc(C)cc1CC1(N)CCc2cc(F)ccc21. The second-order valence-electron chi connectivity index (χ2n) is 5.73. The zero-order valence-electron chi connectivity index (χ0n) is 12.0. The first kappa shape index (κ1) is 13.3. The molecule has 0 aliphatic heterocycles. The Morgan fingerprint density at radius 2 is 2.20 bits per heavy atom. The molecule has 4 heteroatoms. The second kappa shape index (κ2) is 4.70. The summed E-state index contributed by atoms with van der Waals surface area (Å²) in [7, 11) is 0. The summed E-state index contributed by atoms with van der Waals surface area (Å²) in [5.41, 5.74) is 10.5. The van der Waals surface area contributed by atoms with E-state index in [1.807, 2.05) is 17.7 Å². The third kappa shape index (κ3) is 2.14. The first-order valence-electron chi connectivity index (χ1n) is 7.13. The quantitative estimate of drug-likeness (QED) is 0.934. The van der Waals surface area contributed by atoms with Gasteiger partial charge in [-0.1, -0.05) is 6.07 Å². The van der Waals surface area contributed by atoms with Crippen molar-refractivity contribution in [3.63, 3.8) is 0 Å². The number of fused-ring (bicyclic) bond motifs is 1. The van der Waals surface area contributed by atoms with Gasteiger partial charge in [-0.3, -0.25) is 4.68 Å². The summed E-state index contributed by atoms with van der Waals surface area (Å²) in [6.07, 6.45) is 2.46. The van der Waals surface area contributed by atoms with Crippen molar-refractivity contribution in [1.82, 2.24) is 9.78 Å². The molecule has 20 heavy (non-hydrogen) atoms. The van der Waals surface area contributed by atoms with E-state index < -0.39 is 5.54 Å². The lowest BCUT2D eigenvalue weighted by molar-refractivity contribution is 0.420. The van der Waals surface area contributed by atoms with Crippen LogP contribution in [0.4, 0.5) is 4.39 Å². The van der Waals surface area contributed by atoms with E-state index in [2.05, 4.69) is 18.1 Å². The van der Waals surface area contributed by atoms with E-state index in [-0.39, 0.29) is 5.82 Å². The van der Waals surface area contributed by atoms with E-state index in [0.29, 0.717) is 0 Å². The van der Waals surface area contributed by atoms with E-state index in [9.17, 15) is 4.39 Å². The third-order valence-corrected chi connectivity index (χ3v) is 4.23. The lowest BCUT2D eigenvalue weighted by Crippen LogP contribution is -2.37. The lowest BCUT2D eigenvalue weighted by Gasteiger charge is -2.25. The van der Waals surface area contributed by atoms with E-state index >= 15 is 0 Å². The van der Waals surface area contributed by atoms with Crippen LogP contribution in [-0.2, 0) is 24.9 Å². The summed E-state index contributed by atoms with van der Waals surface area (Å²) < 4.78 is 15.3. The van der Waals surface area contributed by atoms with Gasteiger partial charge in [-0.25, -0.2) is 4.39 Å². The minimum Gasteiger partial charge on any atom is -0.321 e. The molecule has 1 unspecified atom stereocenters. The minimum absolute atomic E-state index is 0.178. The van der Waals surface area contributed by atoms with Crippen LogP contribution < -0.4 is 5.73 Å². The van der Waals surface area contributed by atoms with Crippen LogP contribution in [0, 0.1) is 12.7 Å². The maximum atomic E-state index is 13.3. The molecule has 0 saturated heterocycles. The number of halogens is 1. The van der Waals surface area contributed by atoms with Crippen LogP contribution in [0.3, 0.4) is 0 Å². The normalized spacial score (nSPS) is 21.2. The maximum Gasteiger partial charge on any atom is 0.123 e. The Morgan fingerprint density at radius 1 is 1.40 bits per heavy atom. The molecule has 1 atom stereocenters. The zero-order valence-corrected chi connectivity index (χ0v) is 12.0. The van der Waals surface area contributed by atoms with Crippen LogP contribution in [0.2, 0.25) is 0 Å². The molecule has 1 heterocycles. The van der Waals surface area contributed by atoms with E-state index in [0.717, 1.165) is 48.3 Å². The van der Waals surface area contributed by atoms with Crippen LogP contribution in [-0.4, -0.2) is 9.78 Å². The van der Waals surface area contributed by atoms with Gasteiger partial charge in [-0.15, -0.1) is 0 Å². The topological polar surface area (TPSA) is 43.8 Å². The number of hydrogen-bond donors (Lipinski definition) is 1. The Bertz CT molecular complexity index is 647. The highest BCUT2D eigenvalue weighted by Crippen LogP contribution is 2.37. The summed E-state index contributed by atoms with van der Waals surface area (Å²) in [6.45, 7) is 4.92. The predicted molar refractivity (Wildman–Crippen MR) is 76.9 cm³/mol. The molecule has 1 aromatic carbocycles. The molecule has 0 spiro atoms. The summed E-state index contributed by atoms with van der Waals surface area (Å²) in [5.74, 6) is -0.178. The highest BCUT2D eigenvalue weighted by atomic mass is 19.1. The van der Waals surface area contributed by atoms with Crippen LogP contribution >= 0.6 is 0 Å². The Kier molecular flexibility index (Phi) is 3.13. The van der Waals surface area contributed by atoms with Gasteiger partial charge in [0.1, 0.15) is 5.82 Å². The standard InChI is InChI=1S/C16H20FN3/c1-3-20-14(8-11(2)19-20)10-16(18)7-6-12-9-13(17)4-5-15(12)16/h4-5,8-9H,3,6-7,10,18H2,1-2H3. The average Bonchev–Trinajstić information content (AvgIpc) is 2.91. The average molecular weight is 273 g/mol. The van der Waals surface area contributed by atoms with Crippen molar-refractivity contribution < 1.29 is 4.39 Å². The van der Waals surface area contributed by atoms with Crippen LogP contribution in [0.15, 0.2) is 24.3 Å². The fourth-order valence-corrected chi connectivity index (χ4v) is 3.27. The molecule has 2 N–H and O–H groups in total. The van der Waals surface area contributed by atoms with Crippen LogP contribution in [0.25, 0.3) is 0 Å². The summed E-state index contributed by atoms with van der Waals surface area (Å²) in [6, 6.07) is 7.07. The molecule has 3 nitrogen and oxygen atoms in total. The Labute approximate surface area is 118 Å². The van der Waals surface area contributed by atoms with Gasteiger partial charge in [-0.05, 0) is 56.0 Å². The number of hydrogen-bond acceptors (Lipinski definition) is 2. The van der Waals surface area contributed by atoms with Crippen LogP contribution in [0.5, 0.6) is 0 Å². The van der Waals surface area contributed by atoms with Gasteiger partial charge >= 0.3 is 0 Å². The zero-order chi connectivity index (χ0) is 14.3. The molecule has 106 valence electrons.